The van der Waals surface area contributed by atoms with Gasteiger partial charge in [-0.3, -0.25) is 9.59 Å². The van der Waals surface area contributed by atoms with Gasteiger partial charge in [0.15, 0.2) is 0 Å². The van der Waals surface area contributed by atoms with Crippen LogP contribution in [-0.2, 0) is 9.59 Å². The lowest BCUT2D eigenvalue weighted by Crippen LogP contribution is -2.27. The Morgan fingerprint density at radius 2 is 1.78 bits per heavy atom. The van der Waals surface area contributed by atoms with Crippen LogP contribution in [0.3, 0.4) is 0 Å². The zero-order valence-electron chi connectivity index (χ0n) is 10.5. The van der Waals surface area contributed by atoms with Gasteiger partial charge in [-0.25, -0.2) is 0 Å². The van der Waals surface area contributed by atoms with Crippen molar-refractivity contribution < 1.29 is 9.59 Å². The largest absolute Gasteiger partial charge is 0.356 e. The summed E-state index contributed by atoms with van der Waals surface area (Å²) in [6.07, 6.45) is 4.00. The molecule has 4 heteroatoms. The maximum atomic E-state index is 11.4. The van der Waals surface area contributed by atoms with Gasteiger partial charge in [0.05, 0.1) is 0 Å². The molecule has 96 valence electrons. The smallest absolute Gasteiger partial charge is 0.244 e. The van der Waals surface area contributed by atoms with Crippen LogP contribution in [-0.4, -0.2) is 24.9 Å². The molecule has 2 amide bonds. The van der Waals surface area contributed by atoms with Gasteiger partial charge in [-0.2, -0.15) is 0 Å². The molecule has 0 aliphatic rings. The summed E-state index contributed by atoms with van der Waals surface area (Å²) in [5.41, 5.74) is 0.992. The number of carbonyl (C=O) groups excluding carboxylic acids is 2. The maximum Gasteiger partial charge on any atom is 0.244 e. The molecular formula is C14H18N2O2. The highest BCUT2D eigenvalue weighted by molar-refractivity contribution is 5.91. The lowest BCUT2D eigenvalue weighted by Gasteiger charge is -2.02. The molecule has 0 radical (unpaired) electrons. The van der Waals surface area contributed by atoms with E-state index in [1.807, 2.05) is 30.3 Å². The summed E-state index contributed by atoms with van der Waals surface area (Å²) in [5.74, 6) is -0.174. The van der Waals surface area contributed by atoms with Crippen molar-refractivity contribution in [3.63, 3.8) is 0 Å². The summed E-state index contributed by atoms with van der Waals surface area (Å²) in [7, 11) is 0. The molecule has 0 aliphatic heterocycles. The van der Waals surface area contributed by atoms with Crippen molar-refractivity contribution >= 4 is 17.9 Å². The molecule has 1 rings (SSSR count). The Labute approximate surface area is 107 Å². The van der Waals surface area contributed by atoms with Crippen LogP contribution in [0.15, 0.2) is 36.4 Å². The predicted molar refractivity (Wildman–Crippen MR) is 71.8 cm³/mol. The topological polar surface area (TPSA) is 58.2 Å². The summed E-state index contributed by atoms with van der Waals surface area (Å²) in [5, 5.41) is 5.42. The monoisotopic (exact) mass is 246 g/mol. The average Bonchev–Trinajstić information content (AvgIpc) is 2.37. The highest BCUT2D eigenvalue weighted by Crippen LogP contribution is 2.00. The van der Waals surface area contributed by atoms with E-state index in [0.29, 0.717) is 13.1 Å². The standard InChI is InChI=1S/C14H18N2O2/c1-12(17)15-10-5-11-16-14(18)9-8-13-6-3-2-4-7-13/h2-4,6-9H,5,10-11H2,1H3,(H,15,17)(H,16,18)/b9-8+. The Morgan fingerprint density at radius 1 is 1.11 bits per heavy atom. The Bertz CT molecular complexity index is 413. The van der Waals surface area contributed by atoms with Gasteiger partial charge in [-0.1, -0.05) is 30.3 Å². The minimum Gasteiger partial charge on any atom is -0.356 e. The molecule has 0 spiro atoms. The van der Waals surface area contributed by atoms with Crippen LogP contribution in [0.5, 0.6) is 0 Å². The molecule has 0 saturated carbocycles. The summed E-state index contributed by atoms with van der Waals surface area (Å²) in [6.45, 7) is 2.61. The van der Waals surface area contributed by atoms with Crippen LogP contribution >= 0.6 is 0 Å². The quantitative estimate of drug-likeness (QED) is 0.588. The van der Waals surface area contributed by atoms with E-state index >= 15 is 0 Å². The van der Waals surface area contributed by atoms with Crippen molar-refractivity contribution in [2.45, 2.75) is 13.3 Å². The van der Waals surface area contributed by atoms with Gasteiger partial charge >= 0.3 is 0 Å². The van der Waals surface area contributed by atoms with Crippen molar-refractivity contribution in [3.05, 3.63) is 42.0 Å². The first kappa shape index (κ1) is 14.0. The zero-order valence-corrected chi connectivity index (χ0v) is 10.5. The van der Waals surface area contributed by atoms with E-state index in [9.17, 15) is 9.59 Å². The third kappa shape index (κ3) is 6.48. The molecule has 0 saturated heterocycles. The van der Waals surface area contributed by atoms with E-state index in [1.54, 1.807) is 6.08 Å². The lowest BCUT2D eigenvalue weighted by molar-refractivity contribution is -0.119. The number of hydrogen-bond acceptors (Lipinski definition) is 2. The number of nitrogens with one attached hydrogen (secondary N) is 2. The molecule has 1 aromatic carbocycles. The molecule has 0 aliphatic carbocycles. The summed E-state index contributed by atoms with van der Waals surface area (Å²) < 4.78 is 0. The predicted octanol–water partition coefficient (Wildman–Crippen LogP) is 1.34. The van der Waals surface area contributed by atoms with E-state index in [4.69, 9.17) is 0 Å². The Morgan fingerprint density at radius 3 is 2.44 bits per heavy atom. The first-order valence-electron chi connectivity index (χ1n) is 5.94. The second-order valence-electron chi connectivity index (χ2n) is 3.87. The van der Waals surface area contributed by atoms with Gasteiger partial charge in [0.25, 0.3) is 0 Å². The summed E-state index contributed by atoms with van der Waals surface area (Å²) in [6, 6.07) is 9.64. The van der Waals surface area contributed by atoms with Gasteiger partial charge in [0, 0.05) is 26.1 Å². The number of benzene rings is 1. The van der Waals surface area contributed by atoms with Crippen LogP contribution in [0.25, 0.3) is 6.08 Å². The van der Waals surface area contributed by atoms with Gasteiger partial charge < -0.3 is 10.6 Å². The number of amides is 2. The minimum atomic E-state index is -0.123. The van der Waals surface area contributed by atoms with Crippen molar-refractivity contribution in [2.75, 3.05) is 13.1 Å². The fourth-order valence-electron chi connectivity index (χ4n) is 1.36. The third-order valence-corrected chi connectivity index (χ3v) is 2.25. The molecular weight excluding hydrogens is 228 g/mol. The number of carbonyl (C=O) groups is 2. The molecule has 4 nitrogen and oxygen atoms in total. The molecule has 18 heavy (non-hydrogen) atoms. The van der Waals surface area contributed by atoms with Crippen LogP contribution < -0.4 is 10.6 Å². The second kappa shape index (κ2) is 8.06. The molecule has 0 bridgehead atoms. The van der Waals surface area contributed by atoms with Crippen molar-refractivity contribution in [1.29, 1.82) is 0 Å². The average molecular weight is 246 g/mol. The van der Waals surface area contributed by atoms with Crippen LogP contribution in [0, 0.1) is 0 Å². The van der Waals surface area contributed by atoms with Crippen molar-refractivity contribution in [1.82, 2.24) is 10.6 Å². The van der Waals surface area contributed by atoms with Crippen molar-refractivity contribution in [3.8, 4) is 0 Å². The Hall–Kier alpha value is -2.10. The van der Waals surface area contributed by atoms with E-state index in [1.165, 1.54) is 13.0 Å². The molecule has 0 heterocycles. The first-order chi connectivity index (χ1) is 8.68. The molecule has 0 unspecified atom stereocenters. The normalized spacial score (nSPS) is 10.3. The number of rotatable bonds is 6. The van der Waals surface area contributed by atoms with Gasteiger partial charge in [-0.05, 0) is 18.1 Å². The van der Waals surface area contributed by atoms with Crippen molar-refractivity contribution in [2.24, 2.45) is 0 Å². The van der Waals surface area contributed by atoms with Crippen LogP contribution in [0.1, 0.15) is 18.9 Å². The molecule has 0 fully saturated rings. The highest BCUT2D eigenvalue weighted by atomic mass is 16.2. The fraction of sp³-hybridized carbons (Fsp3) is 0.286. The highest BCUT2D eigenvalue weighted by Gasteiger charge is 1.95. The second-order valence-corrected chi connectivity index (χ2v) is 3.87. The van der Waals surface area contributed by atoms with E-state index in [-0.39, 0.29) is 11.8 Å². The zero-order chi connectivity index (χ0) is 13.2. The van der Waals surface area contributed by atoms with E-state index in [0.717, 1.165) is 12.0 Å². The van der Waals surface area contributed by atoms with Crippen LogP contribution in [0.4, 0.5) is 0 Å². The third-order valence-electron chi connectivity index (χ3n) is 2.25. The van der Waals surface area contributed by atoms with Gasteiger partial charge in [-0.15, -0.1) is 0 Å². The summed E-state index contributed by atoms with van der Waals surface area (Å²) >= 11 is 0. The fourth-order valence-corrected chi connectivity index (χ4v) is 1.36. The maximum absolute atomic E-state index is 11.4. The number of hydrogen-bond donors (Lipinski definition) is 2. The Balaban J connectivity index is 2.18. The molecule has 0 aromatic heterocycles. The summed E-state index contributed by atoms with van der Waals surface area (Å²) in [4.78, 5) is 22.0. The van der Waals surface area contributed by atoms with Gasteiger partial charge in [0.2, 0.25) is 11.8 Å². The minimum absolute atomic E-state index is 0.0506. The van der Waals surface area contributed by atoms with Gasteiger partial charge in [0.1, 0.15) is 0 Å². The molecule has 0 atom stereocenters. The lowest BCUT2D eigenvalue weighted by atomic mass is 10.2. The Kier molecular flexibility index (Phi) is 6.25. The SMILES string of the molecule is CC(=O)NCCCNC(=O)/C=C/c1ccccc1. The van der Waals surface area contributed by atoms with Crippen LogP contribution in [0.2, 0.25) is 0 Å². The molecule has 2 N–H and O–H groups in total. The molecule has 1 aromatic rings. The first-order valence-corrected chi connectivity index (χ1v) is 5.94. The van der Waals surface area contributed by atoms with E-state index in [2.05, 4.69) is 10.6 Å². The van der Waals surface area contributed by atoms with E-state index < -0.39 is 0 Å².